The highest BCUT2D eigenvalue weighted by Gasteiger charge is 2.02. The standard InChI is InChI=1S/C20H38N2.ClH/c1-3-4-5-6-7-8-9-10-11-12-13-14-20(2)15-17-22-18-16-21-19-22;/h16,18-20H,3-15,17H2,1-2H3;1H. The van der Waals surface area contributed by atoms with Crippen LogP contribution in [0.2, 0.25) is 0 Å². The Morgan fingerprint density at radius 2 is 1.39 bits per heavy atom. The van der Waals surface area contributed by atoms with E-state index < -0.39 is 0 Å². The normalized spacial score (nSPS) is 12.1. The Kier molecular flexibility index (Phi) is 16.0. The van der Waals surface area contributed by atoms with Crippen LogP contribution in [0, 0.1) is 5.92 Å². The van der Waals surface area contributed by atoms with Crippen molar-refractivity contribution in [3.63, 3.8) is 0 Å². The number of hydrogen-bond donors (Lipinski definition) is 0. The summed E-state index contributed by atoms with van der Waals surface area (Å²) in [6.07, 6.45) is 24.4. The zero-order valence-electron chi connectivity index (χ0n) is 15.5. The number of hydrogen-bond acceptors (Lipinski definition) is 1. The van der Waals surface area contributed by atoms with Crippen molar-refractivity contribution in [2.45, 2.75) is 104 Å². The van der Waals surface area contributed by atoms with Gasteiger partial charge in [0.05, 0.1) is 6.33 Å². The van der Waals surface area contributed by atoms with Crippen molar-refractivity contribution >= 4 is 12.4 Å². The van der Waals surface area contributed by atoms with Crippen LogP contribution in [-0.4, -0.2) is 9.55 Å². The van der Waals surface area contributed by atoms with Crippen molar-refractivity contribution in [1.82, 2.24) is 9.55 Å². The van der Waals surface area contributed by atoms with Crippen molar-refractivity contribution < 1.29 is 0 Å². The molecule has 1 aromatic rings. The maximum Gasteiger partial charge on any atom is 0.0945 e. The average Bonchev–Trinajstić information content (AvgIpc) is 3.04. The third-order valence-electron chi connectivity index (χ3n) is 4.74. The van der Waals surface area contributed by atoms with Gasteiger partial charge in [-0.25, -0.2) is 4.98 Å². The van der Waals surface area contributed by atoms with Crippen LogP contribution < -0.4 is 0 Å². The fraction of sp³-hybridized carbons (Fsp3) is 0.850. The Bertz CT molecular complexity index is 324. The molecule has 0 amide bonds. The van der Waals surface area contributed by atoms with Gasteiger partial charge in [-0.2, -0.15) is 0 Å². The zero-order chi connectivity index (χ0) is 15.9. The van der Waals surface area contributed by atoms with E-state index >= 15 is 0 Å². The summed E-state index contributed by atoms with van der Waals surface area (Å²) in [4.78, 5) is 4.09. The number of rotatable bonds is 15. The molecular formula is C20H39ClN2. The molecule has 0 bridgehead atoms. The lowest BCUT2D eigenvalue weighted by molar-refractivity contribution is 0.426. The Morgan fingerprint density at radius 3 is 1.91 bits per heavy atom. The summed E-state index contributed by atoms with van der Waals surface area (Å²) in [5, 5.41) is 0. The third-order valence-corrected chi connectivity index (χ3v) is 4.74. The Balaban J connectivity index is 0.00000484. The van der Waals surface area contributed by atoms with Crippen LogP contribution in [0.25, 0.3) is 0 Å². The highest BCUT2D eigenvalue weighted by Crippen LogP contribution is 2.16. The molecule has 0 saturated carbocycles. The molecule has 0 saturated heterocycles. The summed E-state index contributed by atoms with van der Waals surface area (Å²) in [6.45, 7) is 5.81. The summed E-state index contributed by atoms with van der Waals surface area (Å²) in [7, 11) is 0. The molecule has 0 aliphatic heterocycles. The maximum absolute atomic E-state index is 4.09. The van der Waals surface area contributed by atoms with Gasteiger partial charge in [-0.15, -0.1) is 12.4 Å². The molecule has 0 fully saturated rings. The van der Waals surface area contributed by atoms with Crippen LogP contribution in [0.1, 0.15) is 97.3 Å². The van der Waals surface area contributed by atoms with E-state index in [0.717, 1.165) is 12.5 Å². The first-order valence-corrected chi connectivity index (χ1v) is 9.78. The molecule has 1 unspecified atom stereocenters. The lowest BCUT2D eigenvalue weighted by atomic mass is 9.98. The predicted molar refractivity (Wildman–Crippen MR) is 104 cm³/mol. The Labute approximate surface area is 150 Å². The fourth-order valence-electron chi connectivity index (χ4n) is 3.09. The largest absolute Gasteiger partial charge is 0.337 e. The van der Waals surface area contributed by atoms with Gasteiger partial charge in [0.1, 0.15) is 0 Å². The van der Waals surface area contributed by atoms with Gasteiger partial charge in [0.2, 0.25) is 0 Å². The Morgan fingerprint density at radius 1 is 0.826 bits per heavy atom. The van der Waals surface area contributed by atoms with Gasteiger partial charge in [0.25, 0.3) is 0 Å². The van der Waals surface area contributed by atoms with Gasteiger partial charge in [-0.1, -0.05) is 90.9 Å². The van der Waals surface area contributed by atoms with Crippen LogP contribution >= 0.6 is 12.4 Å². The summed E-state index contributed by atoms with van der Waals surface area (Å²) < 4.78 is 2.19. The molecule has 136 valence electrons. The number of halogens is 1. The maximum atomic E-state index is 4.09. The molecule has 1 atom stereocenters. The minimum Gasteiger partial charge on any atom is -0.337 e. The van der Waals surface area contributed by atoms with Gasteiger partial charge in [-0.05, 0) is 12.3 Å². The molecule has 0 aliphatic carbocycles. The van der Waals surface area contributed by atoms with E-state index in [1.54, 1.807) is 0 Å². The van der Waals surface area contributed by atoms with E-state index in [1.807, 2.05) is 12.5 Å². The Hall–Kier alpha value is -0.500. The molecule has 0 aromatic carbocycles. The number of nitrogens with zero attached hydrogens (tertiary/aromatic N) is 2. The monoisotopic (exact) mass is 342 g/mol. The minimum absolute atomic E-state index is 0. The number of imidazole rings is 1. The van der Waals surface area contributed by atoms with E-state index in [0.29, 0.717) is 0 Å². The number of aromatic nitrogens is 2. The van der Waals surface area contributed by atoms with Gasteiger partial charge in [0.15, 0.2) is 0 Å². The number of unbranched alkanes of at least 4 members (excludes halogenated alkanes) is 10. The van der Waals surface area contributed by atoms with E-state index in [2.05, 4.69) is 29.6 Å². The highest BCUT2D eigenvalue weighted by molar-refractivity contribution is 5.85. The fourth-order valence-corrected chi connectivity index (χ4v) is 3.09. The van der Waals surface area contributed by atoms with E-state index in [4.69, 9.17) is 0 Å². The smallest absolute Gasteiger partial charge is 0.0945 e. The zero-order valence-corrected chi connectivity index (χ0v) is 16.3. The molecule has 0 spiro atoms. The molecule has 2 nitrogen and oxygen atoms in total. The van der Waals surface area contributed by atoms with Gasteiger partial charge >= 0.3 is 0 Å². The average molecular weight is 343 g/mol. The second-order valence-electron chi connectivity index (χ2n) is 7.02. The molecule has 1 heterocycles. The third kappa shape index (κ3) is 13.6. The summed E-state index contributed by atoms with van der Waals surface area (Å²) in [5.41, 5.74) is 0. The lowest BCUT2D eigenvalue weighted by Gasteiger charge is -2.11. The summed E-state index contributed by atoms with van der Waals surface area (Å²) in [5.74, 6) is 0.848. The first-order chi connectivity index (χ1) is 10.8. The first-order valence-electron chi connectivity index (χ1n) is 9.78. The summed E-state index contributed by atoms with van der Waals surface area (Å²) in [6, 6.07) is 0. The predicted octanol–water partition coefficient (Wildman–Crippen LogP) is 7.03. The number of aryl methyl sites for hydroxylation is 1. The van der Waals surface area contributed by atoms with E-state index in [1.165, 1.54) is 83.5 Å². The van der Waals surface area contributed by atoms with Crippen LogP contribution in [0.15, 0.2) is 18.7 Å². The van der Waals surface area contributed by atoms with Gasteiger partial charge in [0, 0.05) is 18.9 Å². The molecule has 0 aliphatic rings. The lowest BCUT2D eigenvalue weighted by Crippen LogP contribution is -2.02. The molecule has 3 heteroatoms. The molecule has 1 aromatic heterocycles. The molecule has 1 rings (SSSR count). The van der Waals surface area contributed by atoms with Crippen molar-refractivity contribution in [3.8, 4) is 0 Å². The summed E-state index contributed by atoms with van der Waals surface area (Å²) >= 11 is 0. The van der Waals surface area contributed by atoms with Crippen LogP contribution in [0.4, 0.5) is 0 Å². The quantitative estimate of drug-likeness (QED) is 0.313. The van der Waals surface area contributed by atoms with Crippen molar-refractivity contribution in [2.24, 2.45) is 5.92 Å². The van der Waals surface area contributed by atoms with Crippen molar-refractivity contribution in [1.29, 1.82) is 0 Å². The van der Waals surface area contributed by atoms with Crippen LogP contribution in [0.3, 0.4) is 0 Å². The molecule has 0 radical (unpaired) electrons. The minimum atomic E-state index is 0. The second-order valence-corrected chi connectivity index (χ2v) is 7.02. The van der Waals surface area contributed by atoms with Gasteiger partial charge in [-0.3, -0.25) is 0 Å². The SMILES string of the molecule is CCCCCCCCCCCCCC(C)CCn1ccnc1.Cl. The highest BCUT2D eigenvalue weighted by atomic mass is 35.5. The molecule has 0 N–H and O–H groups in total. The van der Waals surface area contributed by atoms with Gasteiger partial charge < -0.3 is 4.57 Å². The van der Waals surface area contributed by atoms with Crippen molar-refractivity contribution in [2.75, 3.05) is 0 Å². The topological polar surface area (TPSA) is 17.8 Å². The van der Waals surface area contributed by atoms with Crippen molar-refractivity contribution in [3.05, 3.63) is 18.7 Å². The molecular weight excluding hydrogens is 304 g/mol. The van der Waals surface area contributed by atoms with E-state index in [-0.39, 0.29) is 12.4 Å². The van der Waals surface area contributed by atoms with Crippen LogP contribution in [-0.2, 0) is 6.54 Å². The first kappa shape index (κ1) is 22.5. The van der Waals surface area contributed by atoms with E-state index in [9.17, 15) is 0 Å². The second kappa shape index (κ2) is 16.4. The molecule has 23 heavy (non-hydrogen) atoms. The van der Waals surface area contributed by atoms with Crippen LogP contribution in [0.5, 0.6) is 0 Å².